The summed E-state index contributed by atoms with van der Waals surface area (Å²) in [6, 6.07) is 1.80. The molecule has 1 saturated heterocycles. The summed E-state index contributed by atoms with van der Waals surface area (Å²) in [7, 11) is 1.82. The molecule has 1 saturated carbocycles. The molecule has 1 aliphatic carbocycles. The fraction of sp³-hybridized carbons (Fsp3) is 0.714. The lowest BCUT2D eigenvalue weighted by Crippen LogP contribution is -2.36. The first-order valence-corrected chi connectivity index (χ1v) is 7.23. The Balaban J connectivity index is 1.59. The lowest BCUT2D eigenvalue weighted by molar-refractivity contribution is 0.0750. The third-order valence-corrected chi connectivity index (χ3v) is 4.13. The van der Waals surface area contributed by atoms with Crippen molar-refractivity contribution in [2.24, 2.45) is 13.0 Å². The summed E-state index contributed by atoms with van der Waals surface area (Å²) in [5.74, 6) is 1.05. The van der Waals surface area contributed by atoms with Crippen LogP contribution in [0.3, 0.4) is 0 Å². The van der Waals surface area contributed by atoms with Crippen LogP contribution in [0.2, 0.25) is 0 Å². The predicted molar refractivity (Wildman–Crippen MR) is 72.9 cm³/mol. The van der Waals surface area contributed by atoms with Gasteiger partial charge in [-0.05, 0) is 37.8 Å². The molecule has 104 valence electrons. The van der Waals surface area contributed by atoms with Gasteiger partial charge in [0.25, 0.3) is 5.91 Å². The second-order valence-electron chi connectivity index (χ2n) is 5.73. The molecule has 1 aromatic rings. The molecular weight excluding hydrogens is 240 g/mol. The van der Waals surface area contributed by atoms with E-state index in [4.69, 9.17) is 0 Å². The largest absolute Gasteiger partial charge is 0.336 e. The van der Waals surface area contributed by atoms with Crippen molar-refractivity contribution in [2.75, 3.05) is 32.7 Å². The fourth-order valence-electron chi connectivity index (χ4n) is 2.77. The summed E-state index contributed by atoms with van der Waals surface area (Å²) in [5, 5.41) is 4.08. The Kier molecular flexibility index (Phi) is 3.55. The minimum atomic E-state index is 0.119. The Morgan fingerprint density at radius 1 is 1.32 bits per heavy atom. The van der Waals surface area contributed by atoms with Crippen LogP contribution in [0.25, 0.3) is 0 Å². The highest BCUT2D eigenvalue weighted by Crippen LogP contribution is 2.29. The predicted octanol–water partition coefficient (Wildman–Crippen LogP) is 0.978. The van der Waals surface area contributed by atoms with Crippen LogP contribution in [0.15, 0.2) is 12.3 Å². The van der Waals surface area contributed by atoms with E-state index in [2.05, 4.69) is 10.00 Å². The number of carbonyl (C=O) groups is 1. The third-order valence-electron chi connectivity index (χ3n) is 4.13. The van der Waals surface area contributed by atoms with E-state index >= 15 is 0 Å². The molecule has 3 rings (SSSR count). The number of hydrogen-bond donors (Lipinski definition) is 0. The van der Waals surface area contributed by atoms with Crippen LogP contribution in [-0.2, 0) is 7.05 Å². The molecule has 2 aliphatic rings. The summed E-state index contributed by atoms with van der Waals surface area (Å²) in [5.41, 5.74) is 0.690. The Morgan fingerprint density at radius 2 is 2.16 bits per heavy atom. The van der Waals surface area contributed by atoms with Crippen LogP contribution in [0.1, 0.15) is 29.8 Å². The topological polar surface area (TPSA) is 41.4 Å². The molecule has 19 heavy (non-hydrogen) atoms. The molecule has 1 amide bonds. The van der Waals surface area contributed by atoms with Crippen molar-refractivity contribution in [3.63, 3.8) is 0 Å². The number of rotatable bonds is 3. The lowest BCUT2D eigenvalue weighted by atomic mass is 10.3. The molecule has 0 bridgehead atoms. The number of hydrogen-bond acceptors (Lipinski definition) is 3. The maximum absolute atomic E-state index is 12.4. The smallest absolute Gasteiger partial charge is 0.272 e. The monoisotopic (exact) mass is 262 g/mol. The standard InChI is InChI=1S/C14H22N4O/c1-16-13(5-6-15-16)14(19)18-8-2-7-17(9-10-18)11-12-3-4-12/h5-6,12H,2-4,7-11H2,1H3. The average molecular weight is 262 g/mol. The highest BCUT2D eigenvalue weighted by atomic mass is 16.2. The molecular formula is C14H22N4O. The van der Waals surface area contributed by atoms with Gasteiger partial charge in [0.1, 0.15) is 5.69 Å². The average Bonchev–Trinajstić information content (AvgIpc) is 3.16. The van der Waals surface area contributed by atoms with E-state index < -0.39 is 0 Å². The van der Waals surface area contributed by atoms with E-state index in [0.29, 0.717) is 5.69 Å². The molecule has 2 fully saturated rings. The molecule has 0 spiro atoms. The van der Waals surface area contributed by atoms with Gasteiger partial charge in [0.15, 0.2) is 0 Å². The van der Waals surface area contributed by atoms with E-state index in [0.717, 1.165) is 38.5 Å². The zero-order chi connectivity index (χ0) is 13.2. The highest BCUT2D eigenvalue weighted by molar-refractivity contribution is 5.92. The van der Waals surface area contributed by atoms with Gasteiger partial charge in [0.2, 0.25) is 0 Å². The molecule has 0 radical (unpaired) electrons. The molecule has 1 aromatic heterocycles. The molecule has 0 aromatic carbocycles. The van der Waals surface area contributed by atoms with E-state index in [9.17, 15) is 4.79 Å². The normalized spacial score (nSPS) is 21.4. The van der Waals surface area contributed by atoms with E-state index in [1.165, 1.54) is 19.4 Å². The van der Waals surface area contributed by atoms with Gasteiger partial charge in [0, 0.05) is 39.4 Å². The SMILES string of the molecule is Cn1nccc1C(=O)N1CCCN(CC2CC2)CC1. The second kappa shape index (κ2) is 5.33. The molecule has 0 unspecified atom stereocenters. The van der Waals surface area contributed by atoms with Gasteiger partial charge in [-0.1, -0.05) is 0 Å². The van der Waals surface area contributed by atoms with Crippen LogP contribution in [0, 0.1) is 5.92 Å². The van der Waals surface area contributed by atoms with Crippen molar-refractivity contribution in [3.8, 4) is 0 Å². The van der Waals surface area contributed by atoms with Gasteiger partial charge < -0.3 is 9.80 Å². The van der Waals surface area contributed by atoms with Crippen molar-refractivity contribution in [1.82, 2.24) is 19.6 Å². The first kappa shape index (κ1) is 12.7. The summed E-state index contributed by atoms with van der Waals surface area (Å²) >= 11 is 0. The van der Waals surface area contributed by atoms with Crippen molar-refractivity contribution in [1.29, 1.82) is 0 Å². The fourth-order valence-corrected chi connectivity index (χ4v) is 2.77. The summed E-state index contributed by atoms with van der Waals surface area (Å²) in [6.07, 6.45) is 5.56. The van der Waals surface area contributed by atoms with Crippen molar-refractivity contribution >= 4 is 5.91 Å². The van der Waals surface area contributed by atoms with Crippen LogP contribution < -0.4 is 0 Å². The highest BCUT2D eigenvalue weighted by Gasteiger charge is 2.27. The van der Waals surface area contributed by atoms with Crippen LogP contribution in [0.5, 0.6) is 0 Å². The number of carbonyl (C=O) groups excluding carboxylic acids is 1. The van der Waals surface area contributed by atoms with Crippen molar-refractivity contribution in [2.45, 2.75) is 19.3 Å². The lowest BCUT2D eigenvalue weighted by Gasteiger charge is -2.21. The zero-order valence-corrected chi connectivity index (χ0v) is 11.6. The Bertz CT molecular complexity index is 452. The van der Waals surface area contributed by atoms with Crippen LogP contribution in [-0.4, -0.2) is 58.2 Å². The van der Waals surface area contributed by atoms with E-state index in [1.54, 1.807) is 16.9 Å². The van der Waals surface area contributed by atoms with Crippen molar-refractivity contribution in [3.05, 3.63) is 18.0 Å². The van der Waals surface area contributed by atoms with E-state index in [1.807, 2.05) is 11.9 Å². The van der Waals surface area contributed by atoms with Crippen LogP contribution in [0.4, 0.5) is 0 Å². The second-order valence-corrected chi connectivity index (χ2v) is 5.73. The quantitative estimate of drug-likeness (QED) is 0.815. The minimum absolute atomic E-state index is 0.119. The van der Waals surface area contributed by atoms with Gasteiger partial charge in [-0.25, -0.2) is 0 Å². The van der Waals surface area contributed by atoms with Gasteiger partial charge in [0.05, 0.1) is 0 Å². The Morgan fingerprint density at radius 3 is 2.84 bits per heavy atom. The Hall–Kier alpha value is -1.36. The van der Waals surface area contributed by atoms with Crippen LogP contribution >= 0.6 is 0 Å². The minimum Gasteiger partial charge on any atom is -0.336 e. The maximum Gasteiger partial charge on any atom is 0.272 e. The summed E-state index contributed by atoms with van der Waals surface area (Å²) in [6.45, 7) is 5.08. The van der Waals surface area contributed by atoms with Gasteiger partial charge in [-0.2, -0.15) is 5.10 Å². The van der Waals surface area contributed by atoms with Gasteiger partial charge in [-0.15, -0.1) is 0 Å². The molecule has 1 aliphatic heterocycles. The first-order chi connectivity index (χ1) is 9.24. The number of aromatic nitrogens is 2. The maximum atomic E-state index is 12.4. The molecule has 5 nitrogen and oxygen atoms in total. The third kappa shape index (κ3) is 2.97. The summed E-state index contributed by atoms with van der Waals surface area (Å²) in [4.78, 5) is 16.9. The Labute approximate surface area is 114 Å². The van der Waals surface area contributed by atoms with E-state index in [-0.39, 0.29) is 5.91 Å². The number of nitrogens with zero attached hydrogens (tertiary/aromatic N) is 4. The molecule has 2 heterocycles. The molecule has 0 atom stereocenters. The number of amides is 1. The van der Waals surface area contributed by atoms with Gasteiger partial charge in [-0.3, -0.25) is 9.48 Å². The molecule has 0 N–H and O–H groups in total. The van der Waals surface area contributed by atoms with Crippen molar-refractivity contribution < 1.29 is 4.79 Å². The summed E-state index contributed by atoms with van der Waals surface area (Å²) < 4.78 is 1.66. The first-order valence-electron chi connectivity index (χ1n) is 7.23. The zero-order valence-electron chi connectivity index (χ0n) is 11.6. The van der Waals surface area contributed by atoms with Gasteiger partial charge >= 0.3 is 0 Å². The number of aryl methyl sites for hydroxylation is 1. The molecule has 5 heteroatoms.